The number of methoxy groups -OCH3 is 2. The van der Waals surface area contributed by atoms with E-state index >= 15 is 0 Å². The molecular formula is C19H30N2O5. The summed E-state index contributed by atoms with van der Waals surface area (Å²) in [4.78, 5) is 25.2. The fraction of sp³-hybridized carbons (Fsp3) is 0.579. The first-order chi connectivity index (χ1) is 12.2. The molecule has 0 saturated heterocycles. The molecule has 1 aromatic carbocycles. The predicted molar refractivity (Wildman–Crippen MR) is 99.7 cm³/mol. The first-order valence-electron chi connectivity index (χ1n) is 8.59. The molecule has 0 aromatic heterocycles. The van der Waals surface area contributed by atoms with Crippen molar-refractivity contribution in [2.45, 2.75) is 39.7 Å². The van der Waals surface area contributed by atoms with Crippen LogP contribution in [0.15, 0.2) is 18.2 Å². The molecule has 0 bridgehead atoms. The SMILES string of the molecule is COc1ccc(CCN(CCNC(=O)OC(C)(C)C)C(C)=O)cc1OC. The van der Waals surface area contributed by atoms with Crippen LogP contribution in [0, 0.1) is 0 Å². The summed E-state index contributed by atoms with van der Waals surface area (Å²) in [6.45, 7) is 8.22. The molecule has 146 valence electrons. The maximum absolute atomic E-state index is 11.8. The zero-order chi connectivity index (χ0) is 19.7. The predicted octanol–water partition coefficient (Wildman–Crippen LogP) is 2.62. The number of carbonyl (C=O) groups excluding carboxylic acids is 2. The number of carbonyl (C=O) groups is 2. The van der Waals surface area contributed by atoms with Crippen molar-refractivity contribution in [3.63, 3.8) is 0 Å². The number of hydrogen-bond acceptors (Lipinski definition) is 5. The summed E-state index contributed by atoms with van der Waals surface area (Å²) in [6.07, 6.45) is 0.188. The Hall–Kier alpha value is -2.44. The van der Waals surface area contributed by atoms with Crippen LogP contribution in [0.2, 0.25) is 0 Å². The normalized spacial score (nSPS) is 10.8. The van der Waals surface area contributed by atoms with Gasteiger partial charge in [-0.05, 0) is 44.9 Å². The quantitative estimate of drug-likeness (QED) is 0.765. The molecule has 7 nitrogen and oxygen atoms in total. The van der Waals surface area contributed by atoms with Crippen molar-refractivity contribution < 1.29 is 23.8 Å². The van der Waals surface area contributed by atoms with Crippen LogP contribution in [-0.4, -0.2) is 56.4 Å². The Balaban J connectivity index is 2.53. The van der Waals surface area contributed by atoms with Crippen LogP contribution < -0.4 is 14.8 Å². The molecule has 1 rings (SSSR count). The number of nitrogens with zero attached hydrogens (tertiary/aromatic N) is 1. The highest BCUT2D eigenvalue weighted by molar-refractivity contribution is 5.73. The fourth-order valence-electron chi connectivity index (χ4n) is 2.33. The minimum atomic E-state index is -0.544. The van der Waals surface area contributed by atoms with E-state index in [0.29, 0.717) is 37.6 Å². The smallest absolute Gasteiger partial charge is 0.407 e. The molecule has 26 heavy (non-hydrogen) atoms. The Morgan fingerprint density at radius 3 is 2.27 bits per heavy atom. The Morgan fingerprint density at radius 1 is 1.08 bits per heavy atom. The second-order valence-electron chi connectivity index (χ2n) is 6.87. The van der Waals surface area contributed by atoms with Crippen LogP contribution in [0.3, 0.4) is 0 Å². The highest BCUT2D eigenvalue weighted by atomic mass is 16.6. The van der Waals surface area contributed by atoms with Crippen molar-refractivity contribution >= 4 is 12.0 Å². The number of hydrogen-bond donors (Lipinski definition) is 1. The Morgan fingerprint density at radius 2 is 1.73 bits per heavy atom. The molecule has 7 heteroatoms. The van der Waals surface area contributed by atoms with Crippen LogP contribution >= 0.6 is 0 Å². The number of benzene rings is 1. The molecule has 0 aliphatic heterocycles. The number of ether oxygens (including phenoxy) is 3. The number of amides is 2. The van der Waals surface area contributed by atoms with Crippen molar-refractivity contribution in [3.05, 3.63) is 23.8 Å². The molecule has 0 aliphatic carbocycles. The maximum Gasteiger partial charge on any atom is 0.407 e. The highest BCUT2D eigenvalue weighted by Crippen LogP contribution is 2.27. The zero-order valence-electron chi connectivity index (χ0n) is 16.5. The van der Waals surface area contributed by atoms with E-state index in [2.05, 4.69) is 5.32 Å². The van der Waals surface area contributed by atoms with Gasteiger partial charge >= 0.3 is 6.09 Å². The first-order valence-corrected chi connectivity index (χ1v) is 8.59. The van der Waals surface area contributed by atoms with Gasteiger partial charge in [0, 0.05) is 26.6 Å². The first kappa shape index (κ1) is 21.6. The highest BCUT2D eigenvalue weighted by Gasteiger charge is 2.16. The molecule has 0 heterocycles. The summed E-state index contributed by atoms with van der Waals surface area (Å²) in [6, 6.07) is 5.69. The molecule has 0 fully saturated rings. The summed E-state index contributed by atoms with van der Waals surface area (Å²) in [5.74, 6) is 1.28. The van der Waals surface area contributed by atoms with Crippen molar-refractivity contribution in [1.82, 2.24) is 10.2 Å². The molecule has 0 radical (unpaired) electrons. The Kier molecular flexibility index (Phi) is 8.22. The lowest BCUT2D eigenvalue weighted by Crippen LogP contribution is -2.40. The molecule has 0 saturated carbocycles. The monoisotopic (exact) mass is 366 g/mol. The van der Waals surface area contributed by atoms with Crippen LogP contribution in [0.1, 0.15) is 33.3 Å². The van der Waals surface area contributed by atoms with Crippen LogP contribution in [0.5, 0.6) is 11.5 Å². The van der Waals surface area contributed by atoms with Crippen molar-refractivity contribution in [2.75, 3.05) is 33.9 Å². The van der Waals surface area contributed by atoms with Gasteiger partial charge in [0.1, 0.15) is 5.60 Å². The van der Waals surface area contributed by atoms with E-state index in [1.165, 1.54) is 6.92 Å². The fourth-order valence-corrected chi connectivity index (χ4v) is 2.33. The Bertz CT molecular complexity index is 610. The van der Waals surface area contributed by atoms with Gasteiger partial charge in [-0.1, -0.05) is 6.07 Å². The van der Waals surface area contributed by atoms with Gasteiger partial charge in [-0.3, -0.25) is 4.79 Å². The number of alkyl carbamates (subject to hydrolysis) is 1. The maximum atomic E-state index is 11.8. The molecule has 1 N–H and O–H groups in total. The molecule has 0 atom stereocenters. The summed E-state index contributed by atoms with van der Waals surface area (Å²) < 4.78 is 15.7. The van der Waals surface area contributed by atoms with E-state index in [1.807, 2.05) is 18.2 Å². The number of rotatable bonds is 8. The van der Waals surface area contributed by atoms with E-state index in [-0.39, 0.29) is 5.91 Å². The van der Waals surface area contributed by atoms with Gasteiger partial charge in [-0.25, -0.2) is 4.79 Å². The number of nitrogens with one attached hydrogen (secondary N) is 1. The van der Waals surface area contributed by atoms with Gasteiger partial charge in [0.25, 0.3) is 0 Å². The molecular weight excluding hydrogens is 336 g/mol. The zero-order valence-corrected chi connectivity index (χ0v) is 16.5. The molecule has 0 aliphatic rings. The van der Waals surface area contributed by atoms with Gasteiger partial charge in [0.05, 0.1) is 14.2 Å². The van der Waals surface area contributed by atoms with E-state index in [9.17, 15) is 9.59 Å². The van der Waals surface area contributed by atoms with Crippen LogP contribution in [-0.2, 0) is 16.0 Å². The van der Waals surface area contributed by atoms with Gasteiger partial charge in [0.2, 0.25) is 5.91 Å². The summed E-state index contributed by atoms with van der Waals surface area (Å²) in [5.41, 5.74) is 0.492. The largest absolute Gasteiger partial charge is 0.493 e. The lowest BCUT2D eigenvalue weighted by atomic mass is 10.1. The van der Waals surface area contributed by atoms with E-state index < -0.39 is 11.7 Å². The van der Waals surface area contributed by atoms with Gasteiger partial charge in [-0.15, -0.1) is 0 Å². The second kappa shape index (κ2) is 9.89. The minimum absolute atomic E-state index is 0.0449. The second-order valence-corrected chi connectivity index (χ2v) is 6.87. The molecule has 2 amide bonds. The average Bonchev–Trinajstić information content (AvgIpc) is 2.55. The summed E-state index contributed by atoms with van der Waals surface area (Å²) in [7, 11) is 3.18. The van der Waals surface area contributed by atoms with E-state index in [0.717, 1.165) is 5.56 Å². The summed E-state index contributed by atoms with van der Waals surface area (Å²) in [5, 5.41) is 2.66. The minimum Gasteiger partial charge on any atom is -0.493 e. The van der Waals surface area contributed by atoms with E-state index in [4.69, 9.17) is 14.2 Å². The van der Waals surface area contributed by atoms with E-state index in [1.54, 1.807) is 39.9 Å². The van der Waals surface area contributed by atoms with Gasteiger partial charge in [0.15, 0.2) is 11.5 Å². The van der Waals surface area contributed by atoms with Crippen LogP contribution in [0.4, 0.5) is 4.79 Å². The Labute approximate surface area is 155 Å². The van der Waals surface area contributed by atoms with Crippen molar-refractivity contribution in [3.8, 4) is 11.5 Å². The third kappa shape index (κ3) is 7.63. The van der Waals surface area contributed by atoms with Crippen molar-refractivity contribution in [1.29, 1.82) is 0 Å². The summed E-state index contributed by atoms with van der Waals surface area (Å²) >= 11 is 0. The van der Waals surface area contributed by atoms with Crippen LogP contribution in [0.25, 0.3) is 0 Å². The lowest BCUT2D eigenvalue weighted by molar-refractivity contribution is -0.128. The standard InChI is InChI=1S/C19H30N2O5/c1-14(22)21(12-10-20-18(23)26-19(2,3)4)11-9-15-7-8-16(24-5)17(13-15)25-6/h7-8,13H,9-12H2,1-6H3,(H,20,23). The molecule has 0 spiro atoms. The third-order valence-corrected chi connectivity index (χ3v) is 3.61. The van der Waals surface area contributed by atoms with Gasteiger partial charge < -0.3 is 24.4 Å². The lowest BCUT2D eigenvalue weighted by Gasteiger charge is -2.23. The topological polar surface area (TPSA) is 77.1 Å². The molecule has 1 aromatic rings. The van der Waals surface area contributed by atoms with Gasteiger partial charge in [-0.2, -0.15) is 0 Å². The van der Waals surface area contributed by atoms with Crippen molar-refractivity contribution in [2.24, 2.45) is 0 Å². The molecule has 0 unspecified atom stereocenters. The average molecular weight is 366 g/mol. The third-order valence-electron chi connectivity index (χ3n) is 3.61.